The quantitative estimate of drug-likeness (QED) is 0.272. The van der Waals surface area contributed by atoms with Crippen LogP contribution in [0, 0.1) is 0 Å². The lowest BCUT2D eigenvalue weighted by Crippen LogP contribution is -2.02. The Morgan fingerprint density at radius 1 is 0.917 bits per heavy atom. The third-order valence-electron chi connectivity index (χ3n) is 0.498. The smallest absolute Gasteiger partial charge is 0.275 e. The number of isocyanates is 2. The van der Waals surface area contributed by atoms with Gasteiger partial charge in [0.15, 0.2) is 0 Å². The summed E-state index contributed by atoms with van der Waals surface area (Å²) in [5.41, 5.74) is 0. The Morgan fingerprint density at radius 3 is 1.50 bits per heavy atom. The molecule has 62 valence electrons. The number of nitrogens with zero attached hydrogens (tertiary/aromatic N) is 2. The summed E-state index contributed by atoms with van der Waals surface area (Å²) in [7, 11) is 0. The second-order valence-corrected chi connectivity index (χ2v) is 2.59. The van der Waals surface area contributed by atoms with Gasteiger partial charge in [-0.3, -0.25) is 9.59 Å². The normalized spacial score (nSPS) is 7.67. The van der Waals surface area contributed by atoms with E-state index in [1.165, 1.54) is 0 Å². The molecule has 12 heavy (non-hydrogen) atoms. The van der Waals surface area contributed by atoms with Crippen molar-refractivity contribution in [3.63, 3.8) is 0 Å². The van der Waals surface area contributed by atoms with Crippen molar-refractivity contribution in [3.05, 3.63) is 0 Å². The lowest BCUT2D eigenvalue weighted by Gasteiger charge is -1.84. The molecule has 8 heteroatoms. The van der Waals surface area contributed by atoms with Gasteiger partial charge in [-0.1, -0.05) is 0 Å². The van der Waals surface area contributed by atoms with E-state index < -0.39 is 10.2 Å². The SMILES string of the molecule is O=C=NSC(=O)C(=O)SN=C=O. The van der Waals surface area contributed by atoms with Gasteiger partial charge in [-0.15, -0.1) is 8.80 Å². The first-order chi connectivity index (χ1) is 5.72. The van der Waals surface area contributed by atoms with Crippen LogP contribution in [-0.4, -0.2) is 22.4 Å². The molecule has 0 saturated heterocycles. The maximum absolute atomic E-state index is 10.5. The second kappa shape index (κ2) is 6.51. The van der Waals surface area contributed by atoms with E-state index >= 15 is 0 Å². The van der Waals surface area contributed by atoms with Crippen LogP contribution < -0.4 is 0 Å². The van der Waals surface area contributed by atoms with Crippen LogP contribution in [0.4, 0.5) is 0 Å². The largest absolute Gasteiger partial charge is 0.290 e. The molecule has 0 unspecified atom stereocenters. The van der Waals surface area contributed by atoms with E-state index in [0.29, 0.717) is 0 Å². The van der Waals surface area contributed by atoms with Crippen molar-refractivity contribution >= 4 is 46.3 Å². The van der Waals surface area contributed by atoms with Gasteiger partial charge >= 0.3 is 0 Å². The van der Waals surface area contributed by atoms with Gasteiger partial charge in [0, 0.05) is 0 Å². The third-order valence-corrected chi connectivity index (χ3v) is 1.66. The molecule has 0 aliphatic heterocycles. The Kier molecular flexibility index (Phi) is 5.86. The summed E-state index contributed by atoms with van der Waals surface area (Å²) >= 11 is 0.274. The highest BCUT2D eigenvalue weighted by Gasteiger charge is 2.14. The van der Waals surface area contributed by atoms with Crippen molar-refractivity contribution in [2.75, 3.05) is 0 Å². The lowest BCUT2D eigenvalue weighted by molar-refractivity contribution is -0.126. The van der Waals surface area contributed by atoms with Crippen LogP contribution in [0.1, 0.15) is 0 Å². The zero-order valence-electron chi connectivity index (χ0n) is 5.34. The van der Waals surface area contributed by atoms with Gasteiger partial charge in [-0.05, 0) is 0 Å². The van der Waals surface area contributed by atoms with Crippen LogP contribution >= 0.6 is 23.9 Å². The van der Waals surface area contributed by atoms with Crippen LogP contribution in [0.25, 0.3) is 0 Å². The first-order valence-electron chi connectivity index (χ1n) is 2.29. The van der Waals surface area contributed by atoms with Gasteiger partial charge in [0.1, 0.15) is 0 Å². The first kappa shape index (κ1) is 10.8. The highest BCUT2D eigenvalue weighted by atomic mass is 32.2. The lowest BCUT2D eigenvalue weighted by atomic mass is 10.9. The highest BCUT2D eigenvalue weighted by Crippen LogP contribution is 2.11. The molecule has 0 aromatic rings. The fourth-order valence-electron chi connectivity index (χ4n) is 0.195. The van der Waals surface area contributed by atoms with Crippen molar-refractivity contribution in [2.24, 2.45) is 8.80 Å². The van der Waals surface area contributed by atoms with Gasteiger partial charge in [0.05, 0.1) is 23.9 Å². The van der Waals surface area contributed by atoms with E-state index in [2.05, 4.69) is 8.80 Å². The molecule has 0 aliphatic carbocycles. The van der Waals surface area contributed by atoms with Crippen LogP contribution in [0.2, 0.25) is 0 Å². The summed E-state index contributed by atoms with van der Waals surface area (Å²) in [6.07, 6.45) is 2.11. The molecule has 0 N–H and O–H groups in total. The molecule has 0 atom stereocenters. The Bertz CT molecular complexity index is 259. The summed E-state index contributed by atoms with van der Waals surface area (Å²) in [4.78, 5) is 40.0. The van der Waals surface area contributed by atoms with Gasteiger partial charge in [0.2, 0.25) is 12.2 Å². The fraction of sp³-hybridized carbons (Fsp3) is 0. The van der Waals surface area contributed by atoms with Gasteiger partial charge in [-0.2, -0.15) is 0 Å². The number of rotatable bonds is 2. The number of hydrogen-bond acceptors (Lipinski definition) is 8. The van der Waals surface area contributed by atoms with Crippen molar-refractivity contribution in [1.29, 1.82) is 0 Å². The highest BCUT2D eigenvalue weighted by molar-refractivity contribution is 8.23. The predicted octanol–water partition coefficient (Wildman–Crippen LogP) is 0.00760. The van der Waals surface area contributed by atoms with Crippen LogP contribution in [-0.2, 0) is 19.2 Å². The molecule has 0 aliphatic rings. The van der Waals surface area contributed by atoms with E-state index in [0.717, 1.165) is 12.2 Å². The minimum Gasteiger partial charge on any atom is -0.275 e. The summed E-state index contributed by atoms with van der Waals surface area (Å²) < 4.78 is 5.58. The second-order valence-electron chi connectivity index (χ2n) is 1.12. The molecule has 0 amide bonds. The summed E-state index contributed by atoms with van der Waals surface area (Å²) in [6.45, 7) is 0. The minimum absolute atomic E-state index is 0.137. The zero-order chi connectivity index (χ0) is 9.40. The van der Waals surface area contributed by atoms with Crippen LogP contribution in [0.15, 0.2) is 8.80 Å². The van der Waals surface area contributed by atoms with E-state index in [1.807, 2.05) is 0 Å². The third kappa shape index (κ3) is 4.59. The van der Waals surface area contributed by atoms with Crippen molar-refractivity contribution in [3.8, 4) is 0 Å². The van der Waals surface area contributed by atoms with Crippen molar-refractivity contribution in [2.45, 2.75) is 0 Å². The first-order valence-corrected chi connectivity index (χ1v) is 3.83. The van der Waals surface area contributed by atoms with E-state index in [4.69, 9.17) is 0 Å². The van der Waals surface area contributed by atoms with Crippen molar-refractivity contribution in [1.82, 2.24) is 0 Å². The Morgan fingerprint density at radius 2 is 1.25 bits per heavy atom. The van der Waals surface area contributed by atoms with Crippen LogP contribution in [0.5, 0.6) is 0 Å². The average molecular weight is 204 g/mol. The number of hydrogen-bond donors (Lipinski definition) is 0. The number of carbonyl (C=O) groups excluding carboxylic acids is 4. The minimum atomic E-state index is -0.998. The monoisotopic (exact) mass is 204 g/mol. The summed E-state index contributed by atoms with van der Waals surface area (Å²) in [6, 6.07) is 0. The molecule has 6 nitrogen and oxygen atoms in total. The van der Waals surface area contributed by atoms with Gasteiger partial charge < -0.3 is 0 Å². The Hall–Kier alpha value is -1.20. The van der Waals surface area contributed by atoms with E-state index in [1.54, 1.807) is 0 Å². The van der Waals surface area contributed by atoms with Gasteiger partial charge in [0.25, 0.3) is 10.2 Å². The molecular weight excluding hydrogens is 204 g/mol. The Labute approximate surface area is 74.8 Å². The molecule has 0 spiro atoms. The topological polar surface area (TPSA) is 93.0 Å². The zero-order valence-corrected chi connectivity index (χ0v) is 6.98. The van der Waals surface area contributed by atoms with E-state index in [-0.39, 0.29) is 23.9 Å². The molecule has 0 heterocycles. The molecule has 0 saturated carbocycles. The average Bonchev–Trinajstić information content (AvgIpc) is 2.10. The maximum Gasteiger partial charge on any atom is 0.290 e. The molecule has 0 aromatic carbocycles. The molecule has 0 aromatic heterocycles. The molecular formula is C4N2O4S2. The maximum atomic E-state index is 10.5. The summed E-state index contributed by atoms with van der Waals surface area (Å²) in [5.74, 6) is 0. The number of carbonyl (C=O) groups is 2. The standard InChI is InChI=1S/C4N2O4S2/c7-1-5-11-3(9)4(10)12-6-2-8. The summed E-state index contributed by atoms with van der Waals surface area (Å²) in [5, 5.41) is -2.00. The molecule has 0 fully saturated rings. The molecule has 0 rings (SSSR count). The van der Waals surface area contributed by atoms with Crippen LogP contribution in [0.3, 0.4) is 0 Å². The predicted molar refractivity (Wildman–Crippen MR) is 41.4 cm³/mol. The fourth-order valence-corrected chi connectivity index (χ4v) is 0.808. The molecule has 0 bridgehead atoms. The van der Waals surface area contributed by atoms with Gasteiger partial charge in [-0.25, -0.2) is 9.59 Å². The Balaban J connectivity index is 4.01. The van der Waals surface area contributed by atoms with Crippen molar-refractivity contribution < 1.29 is 19.2 Å². The molecule has 0 radical (unpaired) electrons. The van der Waals surface area contributed by atoms with E-state index in [9.17, 15) is 19.2 Å².